The van der Waals surface area contributed by atoms with Crippen LogP contribution in [0.1, 0.15) is 0 Å². The van der Waals surface area contributed by atoms with Crippen LogP contribution in [-0.2, 0) is 0 Å². The fraction of sp³-hybridized carbons (Fsp3) is 0. The third-order valence-corrected chi connectivity index (χ3v) is 0. The molecule has 0 saturated carbocycles. The molecule has 0 rings (SSSR count). The molecule has 0 heterocycles. The van der Waals surface area contributed by atoms with Crippen molar-refractivity contribution in [1.82, 2.24) is 0 Å². The van der Waals surface area contributed by atoms with Crippen LogP contribution in [0.2, 0.25) is 0 Å². The van der Waals surface area contributed by atoms with Gasteiger partial charge in [0.25, 0.3) is 0 Å². The molecule has 0 radical (unpaired) electrons. The molecule has 5 heavy (non-hydrogen) atoms. The summed E-state index contributed by atoms with van der Waals surface area (Å²) in [6.07, 6.45) is 0. The summed E-state index contributed by atoms with van der Waals surface area (Å²) < 4.78 is -0.646. The molecule has 0 aliphatic carbocycles. The zero-order valence-corrected chi connectivity index (χ0v) is 7.05. The zero-order valence-electron chi connectivity index (χ0n) is 2.86. The van der Waals surface area contributed by atoms with Crippen molar-refractivity contribution in [3.63, 3.8) is 0 Å². The van der Waals surface area contributed by atoms with E-state index in [0.717, 1.165) is 0 Å². The third kappa shape index (κ3) is 3940. The number of carboxylic acid groups (broad SMARTS) is 1. The van der Waals surface area contributed by atoms with Gasteiger partial charge in [0, 0.05) is 0 Å². The van der Waals surface area contributed by atoms with Crippen molar-refractivity contribution in [2.24, 2.45) is 0 Å². The van der Waals surface area contributed by atoms with Crippen LogP contribution in [0.5, 0.6) is 0 Å². The van der Waals surface area contributed by atoms with Gasteiger partial charge in [-0.25, -0.2) is 0 Å². The fourth-order valence-corrected chi connectivity index (χ4v) is 0. The Morgan fingerprint density at radius 3 is 1.80 bits per heavy atom. The van der Waals surface area contributed by atoms with E-state index in [2.05, 4.69) is 0 Å². The first-order valence-corrected chi connectivity index (χ1v) is 3.03. The molecule has 0 unspecified atom stereocenters. The minimum atomic E-state index is -0.646. The number of hydrogen-bond acceptors (Lipinski definition) is 1. The molecule has 3 nitrogen and oxygen atoms in total. The molecule has 0 atom stereocenters. The predicted molar refractivity (Wildman–Crippen MR) is 20.2 cm³/mol. The molecule has 0 bridgehead atoms. The van der Waals surface area contributed by atoms with Crippen molar-refractivity contribution in [2.75, 3.05) is 0 Å². The van der Waals surface area contributed by atoms with E-state index < -0.39 is 4.52 Å². The normalized spacial score (nSPS) is 4.80. The van der Waals surface area contributed by atoms with Gasteiger partial charge in [-0.3, -0.25) is 0 Å². The van der Waals surface area contributed by atoms with Gasteiger partial charge < -0.3 is 5.48 Å². The standard InChI is InChI=1S/CHO2.Ga.H2O.2H/c2-1-3;;;;/h(H,2,3);;1H2;;. The van der Waals surface area contributed by atoms with Gasteiger partial charge in [0.1, 0.15) is 0 Å². The van der Waals surface area contributed by atoms with Crippen LogP contribution in [-0.4, -0.2) is 33.7 Å². The van der Waals surface area contributed by atoms with Gasteiger partial charge in [0.2, 0.25) is 0 Å². The summed E-state index contributed by atoms with van der Waals surface area (Å²) >= 11 is -0.0208. The van der Waals surface area contributed by atoms with Crippen LogP contribution in [0.25, 0.3) is 0 Å². The van der Waals surface area contributed by atoms with Crippen molar-refractivity contribution in [3.8, 4) is 0 Å². The van der Waals surface area contributed by atoms with E-state index >= 15 is 0 Å². The summed E-state index contributed by atoms with van der Waals surface area (Å²) in [5, 5.41) is 7.50. The van der Waals surface area contributed by atoms with Gasteiger partial charge >= 0.3 is 33.0 Å². The summed E-state index contributed by atoms with van der Waals surface area (Å²) in [6, 6.07) is 0. The predicted octanol–water partition coefficient (Wildman–Crippen LogP) is -1.53. The molecule has 4 heteroatoms. The molecular weight excluding hydrogens is 130 g/mol. The molecule has 0 aromatic carbocycles. The molecule has 0 aromatic heterocycles. The van der Waals surface area contributed by atoms with Gasteiger partial charge in [-0.2, -0.15) is 0 Å². The molecule has 0 aliphatic rings. The van der Waals surface area contributed by atoms with Crippen molar-refractivity contribution in [3.05, 3.63) is 0 Å². The maximum atomic E-state index is 9.08. The van der Waals surface area contributed by atoms with Gasteiger partial charge in [-0.15, -0.1) is 0 Å². The van der Waals surface area contributed by atoms with Crippen LogP contribution >= 0.6 is 0 Å². The Bertz CT molecular complexity index is 29.9. The van der Waals surface area contributed by atoms with Gasteiger partial charge in [0.15, 0.2) is 0 Å². The van der Waals surface area contributed by atoms with Crippen LogP contribution in [0.15, 0.2) is 0 Å². The van der Waals surface area contributed by atoms with Crippen LogP contribution in [0, 0.1) is 0 Å². The SMILES string of the molecule is O.O=[C](O)[GaH2]. The Morgan fingerprint density at radius 2 is 1.80 bits per heavy atom. The van der Waals surface area contributed by atoms with Crippen molar-refractivity contribution in [1.29, 1.82) is 0 Å². The number of rotatable bonds is 0. The monoisotopic (exact) mass is 134 g/mol. The first-order chi connectivity index (χ1) is 1.73. The maximum absolute atomic E-state index is 9.08. The van der Waals surface area contributed by atoms with E-state index in [9.17, 15) is 0 Å². The van der Waals surface area contributed by atoms with Crippen LogP contribution < -0.4 is 0 Å². The second kappa shape index (κ2) is 4.07. The van der Waals surface area contributed by atoms with Gasteiger partial charge in [-0.05, 0) is 0 Å². The summed E-state index contributed by atoms with van der Waals surface area (Å²) in [4.78, 5) is 9.08. The Hall–Kier alpha value is 0.0664. The van der Waals surface area contributed by atoms with E-state index in [-0.39, 0.29) is 24.1 Å². The van der Waals surface area contributed by atoms with Crippen molar-refractivity contribution >= 4 is 23.1 Å². The second-order valence-electron chi connectivity index (χ2n) is 0.519. The fourth-order valence-electron chi connectivity index (χ4n) is 0. The van der Waals surface area contributed by atoms with Crippen molar-refractivity contribution in [2.45, 2.75) is 0 Å². The summed E-state index contributed by atoms with van der Waals surface area (Å²) in [5.41, 5.74) is 0. The van der Waals surface area contributed by atoms with Crippen LogP contribution in [0.4, 0.5) is 4.79 Å². The van der Waals surface area contributed by atoms with E-state index in [4.69, 9.17) is 9.90 Å². The van der Waals surface area contributed by atoms with E-state index in [1.54, 1.807) is 0 Å². The van der Waals surface area contributed by atoms with Gasteiger partial charge in [0.05, 0.1) is 0 Å². The molecule has 0 fully saturated rings. The first-order valence-electron chi connectivity index (χ1n) is 0.928. The van der Waals surface area contributed by atoms with Crippen LogP contribution in [0.3, 0.4) is 0 Å². The Balaban J connectivity index is 0. The molecular formula is CH5GaO3. The van der Waals surface area contributed by atoms with E-state index in [1.165, 1.54) is 0 Å². The molecule has 0 amide bonds. The molecule has 0 saturated heterocycles. The Labute approximate surface area is 39.2 Å². The molecule has 3 N–H and O–H groups in total. The van der Waals surface area contributed by atoms with E-state index in [1.807, 2.05) is 0 Å². The molecule has 0 aliphatic heterocycles. The summed E-state index contributed by atoms with van der Waals surface area (Å²) in [5.74, 6) is 0. The first kappa shape index (κ1) is 8.91. The quantitative estimate of drug-likeness (QED) is 0.409. The average molecular weight is 135 g/mol. The second-order valence-corrected chi connectivity index (χ2v) is 2.31. The summed E-state index contributed by atoms with van der Waals surface area (Å²) in [7, 11) is 0. The number of hydrogen-bond donors (Lipinski definition) is 1. The zero-order chi connectivity index (χ0) is 3.58. The molecule has 30 valence electrons. The Kier molecular flexibility index (Phi) is 7.25. The minimum absolute atomic E-state index is 0. The Morgan fingerprint density at radius 1 is 1.80 bits per heavy atom. The molecule has 0 spiro atoms. The topological polar surface area (TPSA) is 68.8 Å². The molecule has 0 aromatic rings. The summed E-state index contributed by atoms with van der Waals surface area (Å²) in [6.45, 7) is 0. The van der Waals surface area contributed by atoms with E-state index in [0.29, 0.717) is 0 Å². The third-order valence-electron chi connectivity index (χ3n) is 0. The average Bonchev–Trinajstić information content (AvgIpc) is 0.811. The van der Waals surface area contributed by atoms with Crippen molar-refractivity contribution < 1.29 is 15.4 Å². The number of carbonyl (C=O) groups is 1. The van der Waals surface area contributed by atoms with Gasteiger partial charge in [-0.1, -0.05) is 0 Å².